The zero-order chi connectivity index (χ0) is 17.0. The molecule has 0 radical (unpaired) electrons. The van der Waals surface area contributed by atoms with Gasteiger partial charge in [-0.05, 0) is 38.0 Å². The highest BCUT2D eigenvalue weighted by Gasteiger charge is 2.34. The summed E-state index contributed by atoms with van der Waals surface area (Å²) in [6, 6.07) is 0. The predicted octanol–water partition coefficient (Wildman–Crippen LogP) is 3.48. The Morgan fingerprint density at radius 1 is 1.33 bits per heavy atom. The molecule has 2 aliphatic rings. The fourth-order valence-electron chi connectivity index (χ4n) is 3.49. The van der Waals surface area contributed by atoms with Gasteiger partial charge in [0.2, 0.25) is 0 Å². The number of methoxy groups -OCH3 is 1. The minimum atomic E-state index is -0.274. The first kappa shape index (κ1) is 17.4. The Morgan fingerprint density at radius 2 is 2.08 bits per heavy atom. The monoisotopic (exact) mass is 350 g/mol. The molecule has 2 fully saturated rings. The average Bonchev–Trinajstić information content (AvgIpc) is 3.28. The van der Waals surface area contributed by atoms with E-state index in [-0.39, 0.29) is 17.4 Å². The standard InChI is InChI=1S/C18H26N2O3S/c1-23-16(21)7-10-18(8-3-2-4-9-18)20-17(22)14-12-19-15(24-14)11-13-5-6-13/h12-13H,2-11H2,1H3,(H,20,22). The molecule has 6 heteroatoms. The van der Waals surface area contributed by atoms with Gasteiger partial charge in [-0.3, -0.25) is 9.59 Å². The fourth-order valence-corrected chi connectivity index (χ4v) is 4.42. The Hall–Kier alpha value is -1.43. The summed E-state index contributed by atoms with van der Waals surface area (Å²) >= 11 is 1.51. The third kappa shape index (κ3) is 4.56. The van der Waals surface area contributed by atoms with Crippen LogP contribution in [0.15, 0.2) is 6.20 Å². The lowest BCUT2D eigenvalue weighted by atomic mass is 9.78. The van der Waals surface area contributed by atoms with Gasteiger partial charge in [-0.1, -0.05) is 19.3 Å². The third-order valence-electron chi connectivity index (χ3n) is 5.16. The van der Waals surface area contributed by atoms with E-state index >= 15 is 0 Å². The van der Waals surface area contributed by atoms with Crippen LogP contribution in [0.3, 0.4) is 0 Å². The van der Waals surface area contributed by atoms with Crippen LogP contribution in [0.4, 0.5) is 0 Å². The van der Waals surface area contributed by atoms with E-state index in [1.54, 1.807) is 6.20 Å². The van der Waals surface area contributed by atoms with Gasteiger partial charge >= 0.3 is 5.97 Å². The smallest absolute Gasteiger partial charge is 0.305 e. The molecule has 0 bridgehead atoms. The SMILES string of the molecule is COC(=O)CCC1(NC(=O)c2cnc(CC3CC3)s2)CCCCC1. The molecule has 0 spiro atoms. The van der Waals surface area contributed by atoms with Crippen molar-refractivity contribution in [1.29, 1.82) is 0 Å². The molecule has 0 unspecified atom stereocenters. The largest absolute Gasteiger partial charge is 0.469 e. The van der Waals surface area contributed by atoms with E-state index in [9.17, 15) is 9.59 Å². The Bertz CT molecular complexity index is 589. The summed E-state index contributed by atoms with van der Waals surface area (Å²) in [6.07, 6.45) is 11.5. The maximum absolute atomic E-state index is 12.7. The Kier molecular flexibility index (Phi) is 5.54. The van der Waals surface area contributed by atoms with Crippen LogP contribution in [-0.4, -0.2) is 29.5 Å². The second-order valence-electron chi connectivity index (χ2n) is 7.14. The summed E-state index contributed by atoms with van der Waals surface area (Å²) in [4.78, 5) is 29.3. The molecular formula is C18H26N2O3S. The van der Waals surface area contributed by atoms with E-state index in [0.717, 1.165) is 43.0 Å². The summed E-state index contributed by atoms with van der Waals surface area (Å²) in [5.41, 5.74) is -0.274. The predicted molar refractivity (Wildman–Crippen MR) is 93.1 cm³/mol. The number of hydrogen-bond acceptors (Lipinski definition) is 5. The molecule has 24 heavy (non-hydrogen) atoms. The van der Waals surface area contributed by atoms with Crippen LogP contribution in [0.2, 0.25) is 0 Å². The number of nitrogens with zero attached hydrogens (tertiary/aromatic N) is 1. The molecule has 1 amide bonds. The lowest BCUT2D eigenvalue weighted by Crippen LogP contribution is -2.49. The Morgan fingerprint density at radius 3 is 2.75 bits per heavy atom. The molecule has 132 valence electrons. The van der Waals surface area contributed by atoms with E-state index in [0.29, 0.717) is 17.7 Å². The molecule has 1 heterocycles. The summed E-state index contributed by atoms with van der Waals surface area (Å²) in [7, 11) is 1.41. The van der Waals surface area contributed by atoms with Crippen LogP contribution in [0, 0.1) is 5.92 Å². The van der Waals surface area contributed by atoms with Gasteiger partial charge in [0.05, 0.1) is 18.3 Å². The maximum atomic E-state index is 12.7. The van der Waals surface area contributed by atoms with Crippen molar-refractivity contribution in [2.24, 2.45) is 5.92 Å². The number of thiazole rings is 1. The normalized spacial score (nSPS) is 19.7. The van der Waals surface area contributed by atoms with E-state index in [1.807, 2.05) is 0 Å². The first-order chi connectivity index (χ1) is 11.6. The number of carbonyl (C=O) groups excluding carboxylic acids is 2. The van der Waals surface area contributed by atoms with Gasteiger partial charge in [0.15, 0.2) is 0 Å². The van der Waals surface area contributed by atoms with E-state index in [4.69, 9.17) is 4.74 Å². The molecule has 5 nitrogen and oxygen atoms in total. The number of aromatic nitrogens is 1. The van der Waals surface area contributed by atoms with Crippen molar-refractivity contribution in [3.05, 3.63) is 16.1 Å². The second-order valence-corrected chi connectivity index (χ2v) is 8.25. The van der Waals surface area contributed by atoms with Crippen LogP contribution in [0.25, 0.3) is 0 Å². The van der Waals surface area contributed by atoms with Crippen molar-refractivity contribution < 1.29 is 14.3 Å². The summed E-state index contributed by atoms with van der Waals surface area (Å²) < 4.78 is 4.76. The first-order valence-corrected chi connectivity index (χ1v) is 9.76. The molecule has 0 saturated heterocycles. The van der Waals surface area contributed by atoms with Gasteiger partial charge in [-0.15, -0.1) is 11.3 Å². The molecular weight excluding hydrogens is 324 g/mol. The highest BCUT2D eigenvalue weighted by Crippen LogP contribution is 2.35. The molecule has 1 aromatic rings. The Labute approximate surface area is 147 Å². The third-order valence-corrected chi connectivity index (χ3v) is 6.18. The molecule has 2 aliphatic carbocycles. The highest BCUT2D eigenvalue weighted by atomic mass is 32.1. The van der Waals surface area contributed by atoms with Crippen LogP contribution < -0.4 is 5.32 Å². The second kappa shape index (κ2) is 7.64. The Balaban J connectivity index is 1.63. The number of ether oxygens (including phenoxy) is 1. The van der Waals surface area contributed by atoms with Crippen LogP contribution in [0.5, 0.6) is 0 Å². The maximum Gasteiger partial charge on any atom is 0.305 e. The van der Waals surface area contributed by atoms with Gasteiger partial charge in [-0.2, -0.15) is 0 Å². The lowest BCUT2D eigenvalue weighted by molar-refractivity contribution is -0.141. The number of amides is 1. The van der Waals surface area contributed by atoms with E-state index in [1.165, 1.54) is 37.7 Å². The quantitative estimate of drug-likeness (QED) is 0.765. The lowest BCUT2D eigenvalue weighted by Gasteiger charge is -2.38. The number of hydrogen-bond donors (Lipinski definition) is 1. The van der Waals surface area contributed by atoms with E-state index in [2.05, 4.69) is 10.3 Å². The zero-order valence-corrected chi connectivity index (χ0v) is 15.1. The molecule has 1 N–H and O–H groups in total. The van der Waals surface area contributed by atoms with Gasteiger partial charge < -0.3 is 10.1 Å². The summed E-state index contributed by atoms with van der Waals surface area (Å²) in [6.45, 7) is 0. The number of nitrogens with one attached hydrogen (secondary N) is 1. The van der Waals surface area contributed by atoms with Crippen molar-refractivity contribution in [1.82, 2.24) is 10.3 Å². The van der Waals surface area contributed by atoms with Crippen LogP contribution >= 0.6 is 11.3 Å². The number of carbonyl (C=O) groups is 2. The van der Waals surface area contributed by atoms with Crippen molar-refractivity contribution in [3.8, 4) is 0 Å². The molecule has 0 aliphatic heterocycles. The molecule has 1 aromatic heterocycles. The zero-order valence-electron chi connectivity index (χ0n) is 14.3. The minimum absolute atomic E-state index is 0.0405. The van der Waals surface area contributed by atoms with Gasteiger partial charge in [0.25, 0.3) is 5.91 Å². The van der Waals surface area contributed by atoms with Crippen molar-refractivity contribution in [2.75, 3.05) is 7.11 Å². The molecule has 0 atom stereocenters. The topological polar surface area (TPSA) is 68.3 Å². The van der Waals surface area contributed by atoms with Crippen LogP contribution in [-0.2, 0) is 16.0 Å². The highest BCUT2D eigenvalue weighted by molar-refractivity contribution is 7.13. The summed E-state index contributed by atoms with van der Waals surface area (Å²) in [5.74, 6) is 0.525. The molecule has 2 saturated carbocycles. The van der Waals surface area contributed by atoms with Gasteiger partial charge in [0.1, 0.15) is 4.88 Å². The van der Waals surface area contributed by atoms with Gasteiger partial charge in [-0.25, -0.2) is 4.98 Å². The molecule has 0 aromatic carbocycles. The van der Waals surface area contributed by atoms with Crippen molar-refractivity contribution in [2.45, 2.75) is 69.7 Å². The number of esters is 1. The van der Waals surface area contributed by atoms with Gasteiger partial charge in [0, 0.05) is 18.4 Å². The van der Waals surface area contributed by atoms with Crippen molar-refractivity contribution in [3.63, 3.8) is 0 Å². The average molecular weight is 350 g/mol. The minimum Gasteiger partial charge on any atom is -0.469 e. The van der Waals surface area contributed by atoms with E-state index < -0.39 is 0 Å². The number of rotatable bonds is 7. The van der Waals surface area contributed by atoms with Crippen molar-refractivity contribution >= 4 is 23.2 Å². The van der Waals surface area contributed by atoms with Crippen LogP contribution in [0.1, 0.15) is 72.5 Å². The first-order valence-electron chi connectivity index (χ1n) is 8.94. The molecule has 3 rings (SSSR count). The summed E-state index contributed by atoms with van der Waals surface area (Å²) in [5, 5.41) is 4.30. The fraction of sp³-hybridized carbons (Fsp3) is 0.722.